The number of fused-ring (bicyclic) bond motifs is 4. The van der Waals surface area contributed by atoms with Gasteiger partial charge in [-0.3, -0.25) is 14.0 Å². The summed E-state index contributed by atoms with van der Waals surface area (Å²) in [4.78, 5) is 26.3. The van der Waals surface area contributed by atoms with E-state index in [0.29, 0.717) is 39.0 Å². The molecule has 180 valence electrons. The lowest BCUT2D eigenvalue weighted by molar-refractivity contribution is -0.113. The van der Waals surface area contributed by atoms with E-state index in [9.17, 15) is 9.59 Å². The first-order chi connectivity index (χ1) is 17.5. The first kappa shape index (κ1) is 22.2. The molecule has 0 aliphatic carbocycles. The molecule has 3 heterocycles. The van der Waals surface area contributed by atoms with Crippen LogP contribution < -0.4 is 20.3 Å². The second kappa shape index (κ2) is 8.72. The Bertz CT molecular complexity index is 1730. The summed E-state index contributed by atoms with van der Waals surface area (Å²) in [6.45, 7) is 4.16. The van der Waals surface area contributed by atoms with Crippen molar-refractivity contribution in [1.29, 1.82) is 0 Å². The fourth-order valence-corrected chi connectivity index (χ4v) is 5.01. The van der Waals surface area contributed by atoms with Gasteiger partial charge in [-0.25, -0.2) is 4.57 Å². The van der Waals surface area contributed by atoms with E-state index in [4.69, 9.17) is 9.47 Å². The molecule has 1 amide bonds. The molecule has 1 aliphatic rings. The van der Waals surface area contributed by atoms with Crippen molar-refractivity contribution < 1.29 is 14.3 Å². The quantitative estimate of drug-likeness (QED) is 0.363. The van der Waals surface area contributed by atoms with Gasteiger partial charge in [0.05, 0.1) is 22.3 Å². The smallest absolute Gasteiger partial charge is 0.267 e. The highest BCUT2D eigenvalue weighted by molar-refractivity contribution is 7.99. The van der Waals surface area contributed by atoms with E-state index in [2.05, 4.69) is 15.5 Å². The Kier molecular flexibility index (Phi) is 5.37. The molecule has 36 heavy (non-hydrogen) atoms. The number of nitrogens with one attached hydrogen (secondary N) is 1. The highest BCUT2D eigenvalue weighted by atomic mass is 32.2. The van der Waals surface area contributed by atoms with Gasteiger partial charge in [-0.1, -0.05) is 36.0 Å². The van der Waals surface area contributed by atoms with Crippen molar-refractivity contribution in [1.82, 2.24) is 19.2 Å². The van der Waals surface area contributed by atoms with Crippen molar-refractivity contribution in [2.45, 2.75) is 19.0 Å². The van der Waals surface area contributed by atoms with Crippen LogP contribution in [0.5, 0.6) is 11.5 Å². The summed E-state index contributed by atoms with van der Waals surface area (Å²) in [7, 11) is 0. The summed E-state index contributed by atoms with van der Waals surface area (Å²) in [6.07, 6.45) is 0. The molecule has 0 saturated heterocycles. The molecule has 2 aromatic heterocycles. The van der Waals surface area contributed by atoms with Gasteiger partial charge in [0.1, 0.15) is 0 Å². The zero-order valence-corrected chi connectivity index (χ0v) is 20.3. The number of aromatic nitrogens is 4. The zero-order valence-electron chi connectivity index (χ0n) is 19.5. The van der Waals surface area contributed by atoms with Gasteiger partial charge in [0, 0.05) is 11.8 Å². The fraction of sp³-hybridized carbons (Fsp3) is 0.154. The summed E-state index contributed by atoms with van der Waals surface area (Å²) in [5.41, 5.74) is 3.93. The van der Waals surface area contributed by atoms with Gasteiger partial charge in [-0.15, -0.1) is 10.2 Å². The number of benzene rings is 3. The third-order valence-corrected chi connectivity index (χ3v) is 7.13. The van der Waals surface area contributed by atoms with E-state index < -0.39 is 0 Å². The predicted molar refractivity (Wildman–Crippen MR) is 137 cm³/mol. The van der Waals surface area contributed by atoms with Gasteiger partial charge in [0.2, 0.25) is 18.5 Å². The summed E-state index contributed by atoms with van der Waals surface area (Å²) in [5.74, 6) is 1.54. The van der Waals surface area contributed by atoms with Gasteiger partial charge in [0.15, 0.2) is 16.7 Å². The number of carbonyl (C=O) groups excluding carboxylic acids is 1. The molecule has 10 heteroatoms. The van der Waals surface area contributed by atoms with Crippen molar-refractivity contribution in [3.8, 4) is 17.2 Å². The Morgan fingerprint density at radius 2 is 1.86 bits per heavy atom. The minimum Gasteiger partial charge on any atom is -0.454 e. The number of nitrogens with zero attached hydrogens (tertiary/aromatic N) is 4. The normalized spacial score (nSPS) is 12.4. The summed E-state index contributed by atoms with van der Waals surface area (Å²) in [5, 5.41) is 12.6. The maximum absolute atomic E-state index is 13.6. The zero-order chi connectivity index (χ0) is 24.8. The number of amides is 1. The molecule has 6 rings (SSSR count). The van der Waals surface area contributed by atoms with Crippen molar-refractivity contribution >= 4 is 40.0 Å². The largest absolute Gasteiger partial charge is 0.454 e. The average Bonchev–Trinajstić information content (AvgIpc) is 3.52. The third kappa shape index (κ3) is 3.66. The molecule has 0 radical (unpaired) electrons. The highest BCUT2D eigenvalue weighted by Gasteiger charge is 2.20. The standard InChI is InChI=1S/C26H21N5O4S/c1-15-6-5-9-19(16(15)2)30-24(33)18-7-3-4-8-20(18)31-25(30)28-29-26(31)36-13-23(32)27-17-10-11-21-22(12-17)35-14-34-21/h3-12H,13-14H2,1-2H3,(H,27,32). The van der Waals surface area contributed by atoms with E-state index in [1.54, 1.807) is 28.8 Å². The molecule has 0 atom stereocenters. The minimum atomic E-state index is -0.206. The number of hydrogen-bond acceptors (Lipinski definition) is 7. The van der Waals surface area contributed by atoms with Gasteiger partial charge < -0.3 is 14.8 Å². The van der Waals surface area contributed by atoms with Crippen LogP contribution in [0.3, 0.4) is 0 Å². The molecule has 0 fully saturated rings. The topological polar surface area (TPSA) is 99.8 Å². The molecule has 1 N–H and O–H groups in total. The van der Waals surface area contributed by atoms with E-state index in [1.807, 2.05) is 54.6 Å². The second-order valence-electron chi connectivity index (χ2n) is 8.40. The van der Waals surface area contributed by atoms with Gasteiger partial charge in [-0.2, -0.15) is 0 Å². The van der Waals surface area contributed by atoms with Crippen molar-refractivity contribution in [3.63, 3.8) is 0 Å². The maximum atomic E-state index is 13.6. The van der Waals surface area contributed by atoms with Crippen molar-refractivity contribution in [2.75, 3.05) is 17.9 Å². The van der Waals surface area contributed by atoms with Crippen LogP contribution in [0.4, 0.5) is 5.69 Å². The lowest BCUT2D eigenvalue weighted by Gasteiger charge is -2.14. The third-order valence-electron chi connectivity index (χ3n) is 6.20. The second-order valence-corrected chi connectivity index (χ2v) is 9.34. The molecule has 0 bridgehead atoms. The van der Waals surface area contributed by atoms with Crippen molar-refractivity contribution in [2.24, 2.45) is 0 Å². The molecule has 3 aromatic carbocycles. The average molecular weight is 500 g/mol. The van der Waals surface area contributed by atoms with E-state index >= 15 is 0 Å². The Morgan fingerprint density at radius 3 is 2.75 bits per heavy atom. The number of para-hydroxylation sites is 1. The number of ether oxygens (including phenoxy) is 2. The maximum Gasteiger partial charge on any atom is 0.267 e. The van der Waals surface area contributed by atoms with Gasteiger partial charge in [-0.05, 0) is 55.3 Å². The number of anilines is 1. The van der Waals surface area contributed by atoms with E-state index in [0.717, 1.165) is 16.8 Å². The lowest BCUT2D eigenvalue weighted by atomic mass is 10.1. The molecular formula is C26H21N5O4S. The molecule has 1 aliphatic heterocycles. The van der Waals surface area contributed by atoms with E-state index in [1.165, 1.54) is 11.8 Å². The molecular weight excluding hydrogens is 478 g/mol. The summed E-state index contributed by atoms with van der Waals surface area (Å²) < 4.78 is 14.1. The Hall–Kier alpha value is -4.31. The van der Waals surface area contributed by atoms with Gasteiger partial charge in [0.25, 0.3) is 5.56 Å². The van der Waals surface area contributed by atoms with Crippen LogP contribution in [0, 0.1) is 13.8 Å². The highest BCUT2D eigenvalue weighted by Crippen LogP contribution is 2.34. The first-order valence-electron chi connectivity index (χ1n) is 11.3. The monoisotopic (exact) mass is 499 g/mol. The number of aryl methyl sites for hydroxylation is 1. The summed E-state index contributed by atoms with van der Waals surface area (Å²) >= 11 is 1.25. The number of hydrogen-bond donors (Lipinski definition) is 1. The fourth-order valence-electron chi connectivity index (χ4n) is 4.27. The van der Waals surface area contributed by atoms with E-state index in [-0.39, 0.29) is 24.0 Å². The van der Waals surface area contributed by atoms with Crippen LogP contribution >= 0.6 is 11.8 Å². The van der Waals surface area contributed by atoms with Crippen LogP contribution in [0.1, 0.15) is 11.1 Å². The Balaban J connectivity index is 1.37. The number of carbonyl (C=O) groups is 1. The molecule has 5 aromatic rings. The summed E-state index contributed by atoms with van der Waals surface area (Å²) in [6, 6.07) is 18.4. The lowest BCUT2D eigenvalue weighted by Crippen LogP contribution is -2.22. The predicted octanol–water partition coefficient (Wildman–Crippen LogP) is 4.11. The van der Waals surface area contributed by atoms with Crippen LogP contribution in [0.2, 0.25) is 0 Å². The number of rotatable bonds is 5. The number of thioether (sulfide) groups is 1. The van der Waals surface area contributed by atoms with Gasteiger partial charge >= 0.3 is 0 Å². The van der Waals surface area contributed by atoms with Crippen LogP contribution in [0.25, 0.3) is 22.4 Å². The van der Waals surface area contributed by atoms with Crippen LogP contribution in [-0.2, 0) is 4.79 Å². The molecule has 0 unspecified atom stereocenters. The van der Waals surface area contributed by atoms with Crippen LogP contribution in [0.15, 0.2) is 70.6 Å². The first-order valence-corrected chi connectivity index (χ1v) is 12.3. The Morgan fingerprint density at radius 1 is 1.03 bits per heavy atom. The molecule has 0 saturated carbocycles. The molecule has 9 nitrogen and oxygen atoms in total. The van der Waals surface area contributed by atoms with Crippen LogP contribution in [-0.4, -0.2) is 37.6 Å². The van der Waals surface area contributed by atoms with Crippen molar-refractivity contribution in [3.05, 3.63) is 82.1 Å². The Labute approximate surface area is 209 Å². The molecule has 0 spiro atoms. The minimum absolute atomic E-state index is 0.103. The SMILES string of the molecule is Cc1cccc(-n2c(=O)c3ccccc3n3c(SCC(=O)Nc4ccc5c(c4)OCO5)nnc23)c1C.